The molecule has 0 aliphatic rings. The van der Waals surface area contributed by atoms with E-state index in [9.17, 15) is 14.0 Å². The Hall–Kier alpha value is -1.91. The topological polar surface area (TPSA) is 46.6 Å². The number of benzene rings is 1. The Morgan fingerprint density at radius 2 is 1.68 bits per heavy atom. The number of carbonyl (C=O) groups excluding carboxylic acids is 2. The quantitative estimate of drug-likeness (QED) is 0.789. The molecule has 122 valence electrons. The first-order chi connectivity index (χ1) is 10.0. The van der Waals surface area contributed by atoms with Gasteiger partial charge in [0.25, 0.3) is 0 Å². The molecule has 0 fully saturated rings. The molecule has 1 atom stereocenters. The van der Waals surface area contributed by atoms with Crippen LogP contribution >= 0.6 is 0 Å². The number of halogens is 1. The van der Waals surface area contributed by atoms with E-state index in [1.54, 1.807) is 47.6 Å². The van der Waals surface area contributed by atoms with Gasteiger partial charge in [-0.05, 0) is 53.7 Å². The third kappa shape index (κ3) is 4.55. The van der Waals surface area contributed by atoms with Crippen molar-refractivity contribution in [3.63, 3.8) is 0 Å². The number of nitrogens with zero attached hydrogens (tertiary/aromatic N) is 1. The molecule has 1 rings (SSSR count). The smallest absolute Gasteiger partial charge is 0.411 e. The molecule has 0 radical (unpaired) electrons. The number of hydrogen-bond donors (Lipinski definition) is 0. The number of ether oxygens (including phenoxy) is 1. The van der Waals surface area contributed by atoms with Gasteiger partial charge in [0.05, 0.1) is 11.6 Å². The third-order valence-corrected chi connectivity index (χ3v) is 3.10. The molecule has 0 saturated heterocycles. The van der Waals surface area contributed by atoms with Crippen LogP contribution in [-0.4, -0.2) is 34.5 Å². The fourth-order valence-corrected chi connectivity index (χ4v) is 2.14. The zero-order valence-corrected chi connectivity index (χ0v) is 14.0. The Kier molecular flexibility index (Phi) is 5.69. The van der Waals surface area contributed by atoms with Crippen LogP contribution in [0.2, 0.25) is 0 Å². The summed E-state index contributed by atoms with van der Waals surface area (Å²) in [6.07, 6.45) is -0.584. The van der Waals surface area contributed by atoms with Crippen molar-refractivity contribution in [2.24, 2.45) is 0 Å². The fourth-order valence-electron chi connectivity index (χ4n) is 2.14. The molecular formula is C17H24FNO3. The lowest BCUT2D eigenvalue weighted by molar-refractivity contribution is 0.0107. The second-order valence-electron chi connectivity index (χ2n) is 6.50. The number of ketones is 1. The summed E-state index contributed by atoms with van der Waals surface area (Å²) in [6, 6.07) is 4.70. The highest BCUT2D eigenvalue weighted by molar-refractivity contribution is 6.01. The van der Waals surface area contributed by atoms with Crippen molar-refractivity contribution in [1.29, 1.82) is 0 Å². The predicted molar refractivity (Wildman–Crippen MR) is 83.4 cm³/mol. The van der Waals surface area contributed by atoms with Crippen molar-refractivity contribution < 1.29 is 18.7 Å². The molecule has 1 unspecified atom stereocenters. The van der Waals surface area contributed by atoms with Crippen molar-refractivity contribution in [2.75, 3.05) is 0 Å². The van der Waals surface area contributed by atoms with Gasteiger partial charge in [0.1, 0.15) is 11.4 Å². The van der Waals surface area contributed by atoms with Crippen molar-refractivity contribution >= 4 is 11.9 Å². The van der Waals surface area contributed by atoms with Gasteiger partial charge in [-0.3, -0.25) is 9.69 Å². The minimum absolute atomic E-state index is 0.0239. The number of Topliss-reactive ketones (excluding diaryl/α,β-unsaturated/α-hetero) is 1. The summed E-state index contributed by atoms with van der Waals surface area (Å²) in [5, 5.41) is 0. The van der Waals surface area contributed by atoms with E-state index in [4.69, 9.17) is 4.74 Å². The molecule has 5 heteroatoms. The first-order valence-corrected chi connectivity index (χ1v) is 7.34. The van der Waals surface area contributed by atoms with Gasteiger partial charge in [0.15, 0.2) is 5.78 Å². The van der Waals surface area contributed by atoms with E-state index >= 15 is 0 Å². The standard InChI is InChI=1S/C17H24FNO3/c1-11(2)19(16(21)22-17(4,5)6)12(3)15(20)13-9-7-8-10-14(13)18/h7-12H,1-6H3. The summed E-state index contributed by atoms with van der Waals surface area (Å²) in [6.45, 7) is 10.4. The zero-order chi connectivity index (χ0) is 17.1. The van der Waals surface area contributed by atoms with Gasteiger partial charge in [-0.1, -0.05) is 12.1 Å². The largest absolute Gasteiger partial charge is 0.444 e. The summed E-state index contributed by atoms with van der Waals surface area (Å²) in [5.41, 5.74) is -0.686. The Bertz CT molecular complexity index is 549. The van der Waals surface area contributed by atoms with Crippen LogP contribution < -0.4 is 0 Å². The van der Waals surface area contributed by atoms with E-state index in [1.165, 1.54) is 23.1 Å². The summed E-state index contributed by atoms with van der Waals surface area (Å²) in [7, 11) is 0. The normalized spacial score (nSPS) is 12.9. The lowest BCUT2D eigenvalue weighted by Gasteiger charge is -2.33. The number of rotatable bonds is 4. The average Bonchev–Trinajstić information content (AvgIpc) is 2.35. The number of carbonyl (C=O) groups is 2. The molecular weight excluding hydrogens is 285 g/mol. The molecule has 0 bridgehead atoms. The van der Waals surface area contributed by atoms with Crippen molar-refractivity contribution in [1.82, 2.24) is 4.90 Å². The van der Waals surface area contributed by atoms with Gasteiger partial charge < -0.3 is 4.74 Å². The van der Waals surface area contributed by atoms with Crippen LogP contribution in [-0.2, 0) is 4.74 Å². The van der Waals surface area contributed by atoms with Gasteiger partial charge in [0, 0.05) is 6.04 Å². The first-order valence-electron chi connectivity index (χ1n) is 7.34. The monoisotopic (exact) mass is 309 g/mol. The van der Waals surface area contributed by atoms with Gasteiger partial charge in [-0.25, -0.2) is 9.18 Å². The zero-order valence-electron chi connectivity index (χ0n) is 14.0. The minimum Gasteiger partial charge on any atom is -0.444 e. The van der Waals surface area contributed by atoms with E-state index in [2.05, 4.69) is 0 Å². The fraction of sp³-hybridized carbons (Fsp3) is 0.529. The van der Waals surface area contributed by atoms with Crippen LogP contribution in [0.4, 0.5) is 9.18 Å². The maximum Gasteiger partial charge on any atom is 0.411 e. The third-order valence-electron chi connectivity index (χ3n) is 3.10. The maximum atomic E-state index is 13.8. The molecule has 1 aromatic carbocycles. The molecule has 0 aromatic heterocycles. The molecule has 0 aliphatic heterocycles. The highest BCUT2D eigenvalue weighted by Gasteiger charge is 2.33. The van der Waals surface area contributed by atoms with E-state index in [0.717, 1.165) is 0 Å². The molecule has 22 heavy (non-hydrogen) atoms. The Morgan fingerprint density at radius 1 is 1.14 bits per heavy atom. The molecule has 1 aromatic rings. The van der Waals surface area contributed by atoms with Crippen molar-refractivity contribution in [3.05, 3.63) is 35.6 Å². The molecule has 0 spiro atoms. The van der Waals surface area contributed by atoms with E-state index in [0.29, 0.717) is 0 Å². The Morgan fingerprint density at radius 3 is 2.14 bits per heavy atom. The van der Waals surface area contributed by atoms with E-state index < -0.39 is 29.3 Å². The van der Waals surface area contributed by atoms with Gasteiger partial charge in [0.2, 0.25) is 0 Å². The van der Waals surface area contributed by atoms with Crippen LogP contribution in [0.15, 0.2) is 24.3 Å². The average molecular weight is 309 g/mol. The van der Waals surface area contributed by atoms with E-state index in [1.807, 2.05) is 0 Å². The lowest BCUT2D eigenvalue weighted by atomic mass is 10.0. The van der Waals surface area contributed by atoms with Crippen LogP contribution in [0.3, 0.4) is 0 Å². The number of amides is 1. The first kappa shape index (κ1) is 18.1. The minimum atomic E-state index is -0.813. The van der Waals surface area contributed by atoms with Crippen molar-refractivity contribution in [2.45, 2.75) is 59.2 Å². The van der Waals surface area contributed by atoms with Crippen LogP contribution in [0.5, 0.6) is 0 Å². The SMILES string of the molecule is CC(C)N(C(=O)OC(C)(C)C)C(C)C(=O)c1ccccc1F. The molecule has 4 nitrogen and oxygen atoms in total. The highest BCUT2D eigenvalue weighted by atomic mass is 19.1. The van der Waals surface area contributed by atoms with Gasteiger partial charge >= 0.3 is 6.09 Å². The Labute approximate surface area is 131 Å². The second kappa shape index (κ2) is 6.90. The Balaban J connectivity index is 3.04. The lowest BCUT2D eigenvalue weighted by Crippen LogP contribution is -2.49. The maximum absolute atomic E-state index is 13.8. The molecule has 0 heterocycles. The predicted octanol–water partition coefficient (Wildman–Crippen LogP) is 4.04. The van der Waals surface area contributed by atoms with Gasteiger partial charge in [-0.15, -0.1) is 0 Å². The summed E-state index contributed by atoms with van der Waals surface area (Å²) < 4.78 is 19.1. The molecule has 1 amide bonds. The van der Waals surface area contributed by atoms with Crippen molar-refractivity contribution in [3.8, 4) is 0 Å². The van der Waals surface area contributed by atoms with Crippen LogP contribution in [0, 0.1) is 5.82 Å². The molecule has 0 aliphatic carbocycles. The van der Waals surface area contributed by atoms with E-state index in [-0.39, 0.29) is 11.6 Å². The summed E-state index contributed by atoms with van der Waals surface area (Å²) >= 11 is 0. The molecule has 0 N–H and O–H groups in total. The summed E-state index contributed by atoms with van der Waals surface area (Å²) in [5.74, 6) is -1.04. The number of hydrogen-bond acceptors (Lipinski definition) is 3. The highest BCUT2D eigenvalue weighted by Crippen LogP contribution is 2.18. The van der Waals surface area contributed by atoms with Crippen LogP contribution in [0.25, 0.3) is 0 Å². The summed E-state index contributed by atoms with van der Waals surface area (Å²) in [4.78, 5) is 26.1. The second-order valence-corrected chi connectivity index (χ2v) is 6.50. The van der Waals surface area contributed by atoms with Gasteiger partial charge in [-0.2, -0.15) is 0 Å². The van der Waals surface area contributed by atoms with Crippen LogP contribution in [0.1, 0.15) is 51.9 Å². The molecule has 0 saturated carbocycles.